The van der Waals surface area contributed by atoms with E-state index in [-0.39, 0.29) is 0 Å². The molecule has 0 atom stereocenters. The Hall–Kier alpha value is -1.86. The van der Waals surface area contributed by atoms with Crippen LogP contribution in [-0.4, -0.2) is 15.2 Å². The van der Waals surface area contributed by atoms with Crippen LogP contribution in [0.5, 0.6) is 0 Å². The molecular weight excluding hydrogens is 422 g/mol. The maximum atomic E-state index is 4.37. The SMILES string of the molecule is Brc1cccc(CNc2n[nH]c(NCc3cccc(Br)c3)n2)c1. The van der Waals surface area contributed by atoms with Crippen LogP contribution in [0.3, 0.4) is 0 Å². The molecule has 0 saturated carbocycles. The van der Waals surface area contributed by atoms with E-state index in [0.717, 1.165) is 14.5 Å². The lowest BCUT2D eigenvalue weighted by atomic mass is 10.2. The molecule has 2 aromatic carbocycles. The molecule has 0 spiro atoms. The average molecular weight is 437 g/mol. The molecule has 0 saturated heterocycles. The van der Waals surface area contributed by atoms with Gasteiger partial charge in [-0.05, 0) is 35.4 Å². The molecule has 118 valence electrons. The number of halogens is 2. The first-order valence-electron chi connectivity index (χ1n) is 7.08. The van der Waals surface area contributed by atoms with E-state index in [1.54, 1.807) is 0 Å². The fraction of sp³-hybridized carbons (Fsp3) is 0.125. The topological polar surface area (TPSA) is 65.6 Å². The van der Waals surface area contributed by atoms with E-state index < -0.39 is 0 Å². The van der Waals surface area contributed by atoms with Gasteiger partial charge in [-0.1, -0.05) is 56.1 Å². The third kappa shape index (κ3) is 4.80. The van der Waals surface area contributed by atoms with Crippen LogP contribution in [0.25, 0.3) is 0 Å². The maximum absolute atomic E-state index is 4.37. The normalized spacial score (nSPS) is 10.5. The zero-order valence-electron chi connectivity index (χ0n) is 12.2. The Balaban J connectivity index is 1.53. The smallest absolute Gasteiger partial charge is 0.243 e. The van der Waals surface area contributed by atoms with Crippen LogP contribution in [-0.2, 0) is 13.1 Å². The molecule has 1 heterocycles. The van der Waals surface area contributed by atoms with Crippen molar-refractivity contribution in [3.05, 3.63) is 68.6 Å². The van der Waals surface area contributed by atoms with Crippen molar-refractivity contribution in [1.82, 2.24) is 15.2 Å². The van der Waals surface area contributed by atoms with Crippen LogP contribution in [0, 0.1) is 0 Å². The van der Waals surface area contributed by atoms with E-state index in [0.29, 0.717) is 25.0 Å². The van der Waals surface area contributed by atoms with Crippen molar-refractivity contribution in [3.63, 3.8) is 0 Å². The zero-order chi connectivity index (χ0) is 16.1. The molecule has 3 N–H and O–H groups in total. The Morgan fingerprint density at radius 2 is 1.48 bits per heavy atom. The van der Waals surface area contributed by atoms with Gasteiger partial charge in [0.25, 0.3) is 0 Å². The molecule has 0 bridgehead atoms. The summed E-state index contributed by atoms with van der Waals surface area (Å²) in [5.74, 6) is 1.21. The van der Waals surface area contributed by atoms with Gasteiger partial charge in [-0.25, -0.2) is 5.10 Å². The number of aromatic nitrogens is 3. The average Bonchev–Trinajstić information content (AvgIpc) is 2.99. The minimum Gasteiger partial charge on any atom is -0.350 e. The predicted octanol–water partition coefficient (Wildman–Crippen LogP) is 4.55. The summed E-state index contributed by atoms with van der Waals surface area (Å²) in [6, 6.07) is 16.2. The molecule has 0 unspecified atom stereocenters. The third-order valence-electron chi connectivity index (χ3n) is 3.17. The van der Waals surface area contributed by atoms with Gasteiger partial charge in [-0.15, -0.1) is 5.10 Å². The molecule has 3 rings (SSSR count). The summed E-state index contributed by atoms with van der Waals surface area (Å²) in [4.78, 5) is 4.37. The summed E-state index contributed by atoms with van der Waals surface area (Å²) in [5, 5.41) is 13.4. The second-order valence-electron chi connectivity index (χ2n) is 4.97. The Morgan fingerprint density at radius 3 is 2.09 bits per heavy atom. The maximum Gasteiger partial charge on any atom is 0.243 e. The Labute approximate surface area is 151 Å². The first-order chi connectivity index (χ1) is 11.2. The predicted molar refractivity (Wildman–Crippen MR) is 99.3 cm³/mol. The molecule has 0 aliphatic carbocycles. The molecule has 0 fully saturated rings. The molecular formula is C16H15Br2N5. The molecule has 7 heteroatoms. The highest BCUT2D eigenvalue weighted by molar-refractivity contribution is 9.10. The van der Waals surface area contributed by atoms with Gasteiger partial charge in [-0.3, -0.25) is 0 Å². The van der Waals surface area contributed by atoms with Gasteiger partial charge in [0.05, 0.1) is 0 Å². The number of nitrogens with zero attached hydrogens (tertiary/aromatic N) is 2. The molecule has 3 aromatic rings. The minimum atomic E-state index is 0.571. The zero-order valence-corrected chi connectivity index (χ0v) is 15.4. The molecule has 5 nitrogen and oxygen atoms in total. The van der Waals surface area contributed by atoms with Gasteiger partial charge in [0.2, 0.25) is 11.9 Å². The highest BCUT2D eigenvalue weighted by atomic mass is 79.9. The first-order valence-corrected chi connectivity index (χ1v) is 8.67. The second-order valence-corrected chi connectivity index (χ2v) is 6.81. The Morgan fingerprint density at radius 1 is 0.870 bits per heavy atom. The van der Waals surface area contributed by atoms with Crippen molar-refractivity contribution in [2.75, 3.05) is 10.6 Å². The van der Waals surface area contributed by atoms with Gasteiger partial charge < -0.3 is 10.6 Å². The van der Waals surface area contributed by atoms with Crippen LogP contribution < -0.4 is 10.6 Å². The van der Waals surface area contributed by atoms with E-state index >= 15 is 0 Å². The molecule has 0 radical (unpaired) electrons. The first kappa shape index (κ1) is 16.0. The molecule has 0 amide bonds. The summed E-state index contributed by atoms with van der Waals surface area (Å²) < 4.78 is 2.12. The highest BCUT2D eigenvalue weighted by Crippen LogP contribution is 2.14. The highest BCUT2D eigenvalue weighted by Gasteiger charge is 2.03. The lowest BCUT2D eigenvalue weighted by molar-refractivity contribution is 1.03. The van der Waals surface area contributed by atoms with Gasteiger partial charge in [-0.2, -0.15) is 4.98 Å². The Bertz CT molecular complexity index is 723. The molecule has 0 aliphatic rings. The monoisotopic (exact) mass is 435 g/mol. The van der Waals surface area contributed by atoms with Crippen molar-refractivity contribution in [2.45, 2.75) is 13.1 Å². The summed E-state index contributed by atoms with van der Waals surface area (Å²) in [7, 11) is 0. The number of benzene rings is 2. The fourth-order valence-electron chi connectivity index (χ4n) is 2.08. The van der Waals surface area contributed by atoms with Crippen LogP contribution >= 0.6 is 31.9 Å². The van der Waals surface area contributed by atoms with Crippen LogP contribution in [0.2, 0.25) is 0 Å². The van der Waals surface area contributed by atoms with Crippen LogP contribution in [0.4, 0.5) is 11.9 Å². The van der Waals surface area contributed by atoms with E-state index in [9.17, 15) is 0 Å². The van der Waals surface area contributed by atoms with Crippen LogP contribution in [0.15, 0.2) is 57.5 Å². The summed E-state index contributed by atoms with van der Waals surface area (Å²) in [6.45, 7) is 1.35. The van der Waals surface area contributed by atoms with E-state index in [1.807, 2.05) is 24.3 Å². The van der Waals surface area contributed by atoms with E-state index in [2.05, 4.69) is 81.9 Å². The van der Waals surface area contributed by atoms with Crippen LogP contribution in [0.1, 0.15) is 11.1 Å². The largest absolute Gasteiger partial charge is 0.350 e. The lowest BCUT2D eigenvalue weighted by Crippen LogP contribution is -2.02. The number of hydrogen-bond donors (Lipinski definition) is 3. The molecule has 0 aliphatic heterocycles. The van der Waals surface area contributed by atoms with Gasteiger partial charge >= 0.3 is 0 Å². The number of nitrogens with one attached hydrogen (secondary N) is 3. The van der Waals surface area contributed by atoms with Crippen molar-refractivity contribution in [3.8, 4) is 0 Å². The fourth-order valence-corrected chi connectivity index (χ4v) is 2.97. The summed E-state index contributed by atoms with van der Waals surface area (Å²) in [5.41, 5.74) is 2.33. The van der Waals surface area contributed by atoms with Gasteiger partial charge in [0.1, 0.15) is 0 Å². The summed E-state index contributed by atoms with van der Waals surface area (Å²) in [6.07, 6.45) is 0. The van der Waals surface area contributed by atoms with E-state index in [1.165, 1.54) is 5.56 Å². The number of rotatable bonds is 6. The van der Waals surface area contributed by atoms with Crippen molar-refractivity contribution in [2.24, 2.45) is 0 Å². The number of hydrogen-bond acceptors (Lipinski definition) is 4. The van der Waals surface area contributed by atoms with Crippen molar-refractivity contribution < 1.29 is 0 Å². The van der Waals surface area contributed by atoms with Crippen molar-refractivity contribution >= 4 is 43.8 Å². The summed E-state index contributed by atoms with van der Waals surface area (Å²) >= 11 is 6.93. The Kier molecular flexibility index (Phi) is 5.30. The second kappa shape index (κ2) is 7.61. The third-order valence-corrected chi connectivity index (χ3v) is 4.16. The number of H-pyrrole nitrogens is 1. The quantitative estimate of drug-likeness (QED) is 0.530. The number of anilines is 2. The minimum absolute atomic E-state index is 0.571. The van der Waals surface area contributed by atoms with E-state index in [4.69, 9.17) is 0 Å². The lowest BCUT2D eigenvalue weighted by Gasteiger charge is -2.03. The molecule has 23 heavy (non-hydrogen) atoms. The molecule has 1 aromatic heterocycles. The standard InChI is InChI=1S/C16H15Br2N5/c17-13-5-1-3-11(7-13)9-19-15-21-16(23-22-15)20-10-12-4-2-6-14(18)8-12/h1-8H,9-10H2,(H3,19,20,21,22,23). The van der Waals surface area contributed by atoms with Gasteiger partial charge in [0, 0.05) is 22.0 Å². The van der Waals surface area contributed by atoms with Crippen molar-refractivity contribution in [1.29, 1.82) is 0 Å². The van der Waals surface area contributed by atoms with Gasteiger partial charge in [0.15, 0.2) is 0 Å². The number of aromatic amines is 1.